The van der Waals surface area contributed by atoms with Crippen LogP contribution in [0.4, 0.5) is 5.82 Å². The summed E-state index contributed by atoms with van der Waals surface area (Å²) in [5, 5.41) is 27.8. The highest BCUT2D eigenvalue weighted by molar-refractivity contribution is 6.28. The van der Waals surface area contributed by atoms with Crippen LogP contribution in [0.1, 0.15) is 42.9 Å². The van der Waals surface area contributed by atoms with Gasteiger partial charge in [-0.25, -0.2) is 4.98 Å². The molecule has 0 aliphatic heterocycles. The zero-order valence-electron chi connectivity index (χ0n) is 21.0. The number of benzene rings is 2. The smallest absolute Gasteiger partial charge is 0.226 e. The molecule has 10 heteroatoms. The Morgan fingerprint density at radius 1 is 1.05 bits per heavy atom. The van der Waals surface area contributed by atoms with E-state index in [0.29, 0.717) is 36.4 Å². The summed E-state index contributed by atoms with van der Waals surface area (Å²) >= 11 is 6.34. The number of anilines is 1. The zero-order chi connectivity index (χ0) is 26.6. The number of carbonyl (C=O) groups excluding carboxylic acids is 1. The van der Waals surface area contributed by atoms with Gasteiger partial charge < -0.3 is 25.4 Å². The molecule has 1 saturated carbocycles. The number of fused-ring (bicyclic) bond motifs is 1. The quantitative estimate of drug-likeness (QED) is 0.242. The van der Waals surface area contributed by atoms with Gasteiger partial charge in [-0.3, -0.25) is 4.79 Å². The van der Waals surface area contributed by atoms with Crippen molar-refractivity contribution in [1.82, 2.24) is 24.8 Å². The SMILES string of the molecule is CCC(=O)NC[C@H]1C[C@@H](n2cnc3c(NCC(c4ccccc4)c4ccccc4)nc(Cl)nc32)[C@H](O)[C@@H]1O. The molecule has 0 spiro atoms. The van der Waals surface area contributed by atoms with Gasteiger partial charge in [0.15, 0.2) is 17.0 Å². The van der Waals surface area contributed by atoms with E-state index in [1.54, 1.807) is 17.8 Å². The van der Waals surface area contributed by atoms with Gasteiger partial charge in [0.1, 0.15) is 6.10 Å². The molecular weight excluding hydrogens is 504 g/mol. The fraction of sp³-hybridized carbons (Fsp3) is 0.357. The van der Waals surface area contributed by atoms with Gasteiger partial charge in [0, 0.05) is 31.3 Å². The molecule has 38 heavy (non-hydrogen) atoms. The van der Waals surface area contributed by atoms with Crippen LogP contribution in [-0.2, 0) is 4.79 Å². The van der Waals surface area contributed by atoms with E-state index < -0.39 is 18.2 Å². The third-order valence-electron chi connectivity index (χ3n) is 7.28. The van der Waals surface area contributed by atoms with Crippen molar-refractivity contribution in [1.29, 1.82) is 0 Å². The first kappa shape index (κ1) is 26.1. The maximum Gasteiger partial charge on any atom is 0.226 e. The van der Waals surface area contributed by atoms with Crippen LogP contribution in [0.5, 0.6) is 0 Å². The number of aliphatic hydroxyl groups is 2. The standard InChI is InChI=1S/C28H31ClN6O3/c1-2-22(36)30-14-19-13-21(25(38)24(19)37)35-16-32-23-26(33-28(29)34-27(23)35)31-15-20(17-9-5-3-6-10-17)18-11-7-4-8-12-18/h3-12,16,19-21,24-25,37-38H,2,13-15H2,1H3,(H,30,36)(H,31,33,34)/t19-,21-,24-,25+/m1/s1. The molecule has 4 N–H and O–H groups in total. The monoisotopic (exact) mass is 534 g/mol. The second-order valence-corrected chi connectivity index (χ2v) is 9.96. The lowest BCUT2D eigenvalue weighted by Gasteiger charge is -2.20. The second-order valence-electron chi connectivity index (χ2n) is 9.62. The minimum atomic E-state index is -1.04. The Labute approximate surface area is 225 Å². The van der Waals surface area contributed by atoms with E-state index in [-0.39, 0.29) is 29.6 Å². The molecule has 0 saturated heterocycles. The number of nitrogens with one attached hydrogen (secondary N) is 2. The molecule has 4 aromatic rings. The Morgan fingerprint density at radius 2 is 1.71 bits per heavy atom. The van der Waals surface area contributed by atoms with Crippen LogP contribution in [0, 0.1) is 5.92 Å². The number of carbonyl (C=O) groups is 1. The fourth-order valence-electron chi connectivity index (χ4n) is 5.20. The summed E-state index contributed by atoms with van der Waals surface area (Å²) in [5.74, 6) is 0.169. The Balaban J connectivity index is 1.40. The van der Waals surface area contributed by atoms with Crippen molar-refractivity contribution in [2.24, 2.45) is 5.92 Å². The molecule has 0 bridgehead atoms. The number of hydrogen-bond acceptors (Lipinski definition) is 7. The van der Waals surface area contributed by atoms with Crippen molar-refractivity contribution < 1.29 is 15.0 Å². The van der Waals surface area contributed by atoms with E-state index in [4.69, 9.17) is 11.6 Å². The minimum absolute atomic E-state index is 0.0533. The average Bonchev–Trinajstić information content (AvgIpc) is 3.48. The van der Waals surface area contributed by atoms with Crippen molar-refractivity contribution in [3.63, 3.8) is 0 Å². The molecule has 2 aromatic carbocycles. The van der Waals surface area contributed by atoms with E-state index in [1.807, 2.05) is 36.4 Å². The van der Waals surface area contributed by atoms with Crippen molar-refractivity contribution in [2.45, 2.75) is 43.9 Å². The first-order chi connectivity index (χ1) is 18.5. The van der Waals surface area contributed by atoms with Gasteiger partial charge in [-0.15, -0.1) is 0 Å². The summed E-state index contributed by atoms with van der Waals surface area (Å²) in [5.41, 5.74) is 3.33. The number of rotatable bonds is 9. The maximum absolute atomic E-state index is 11.7. The predicted octanol–water partition coefficient (Wildman–Crippen LogP) is 3.53. The van der Waals surface area contributed by atoms with Crippen LogP contribution < -0.4 is 10.6 Å². The molecule has 4 atom stereocenters. The lowest BCUT2D eigenvalue weighted by atomic mass is 9.91. The lowest BCUT2D eigenvalue weighted by molar-refractivity contribution is -0.121. The third-order valence-corrected chi connectivity index (χ3v) is 7.45. The van der Waals surface area contributed by atoms with Crippen LogP contribution in [-0.4, -0.2) is 60.9 Å². The summed E-state index contributed by atoms with van der Waals surface area (Å²) in [7, 11) is 0. The molecule has 2 aromatic heterocycles. The first-order valence-corrected chi connectivity index (χ1v) is 13.2. The Morgan fingerprint density at radius 3 is 2.34 bits per heavy atom. The molecular formula is C28H31ClN6O3. The number of amides is 1. The highest BCUT2D eigenvalue weighted by Gasteiger charge is 2.43. The van der Waals surface area contributed by atoms with Gasteiger partial charge in [-0.2, -0.15) is 9.97 Å². The Hall–Kier alpha value is -3.53. The number of halogens is 1. The molecule has 2 heterocycles. The Bertz CT molecular complexity index is 1340. The largest absolute Gasteiger partial charge is 0.390 e. The summed E-state index contributed by atoms with van der Waals surface area (Å²) in [6, 6.07) is 20.0. The Kier molecular flexibility index (Phi) is 7.87. The van der Waals surface area contributed by atoms with Crippen molar-refractivity contribution >= 4 is 34.5 Å². The third kappa shape index (κ3) is 5.36. The van der Waals surface area contributed by atoms with E-state index in [2.05, 4.69) is 49.9 Å². The van der Waals surface area contributed by atoms with Crippen LogP contribution in [0.25, 0.3) is 11.2 Å². The zero-order valence-corrected chi connectivity index (χ0v) is 21.8. The molecule has 198 valence electrons. The number of nitrogens with zero attached hydrogens (tertiary/aromatic N) is 4. The maximum atomic E-state index is 11.7. The molecule has 0 radical (unpaired) electrons. The van der Waals surface area contributed by atoms with Gasteiger partial charge in [0.25, 0.3) is 0 Å². The number of aromatic nitrogens is 4. The van der Waals surface area contributed by atoms with Crippen LogP contribution >= 0.6 is 11.6 Å². The van der Waals surface area contributed by atoms with E-state index in [0.717, 1.165) is 11.1 Å². The topological polar surface area (TPSA) is 125 Å². The van der Waals surface area contributed by atoms with Gasteiger partial charge in [0.05, 0.1) is 18.5 Å². The van der Waals surface area contributed by atoms with E-state index >= 15 is 0 Å². The number of hydrogen-bond donors (Lipinski definition) is 4. The van der Waals surface area contributed by atoms with Crippen molar-refractivity contribution in [3.05, 3.63) is 83.4 Å². The van der Waals surface area contributed by atoms with Gasteiger partial charge >= 0.3 is 0 Å². The van der Waals surface area contributed by atoms with Crippen LogP contribution in [0.15, 0.2) is 67.0 Å². The first-order valence-electron chi connectivity index (χ1n) is 12.8. The van der Waals surface area contributed by atoms with E-state index in [9.17, 15) is 15.0 Å². The highest BCUT2D eigenvalue weighted by atomic mass is 35.5. The van der Waals surface area contributed by atoms with Crippen LogP contribution in [0.3, 0.4) is 0 Å². The minimum Gasteiger partial charge on any atom is -0.390 e. The summed E-state index contributed by atoms with van der Waals surface area (Å²) in [6.07, 6.45) is 0.386. The summed E-state index contributed by atoms with van der Waals surface area (Å²) < 4.78 is 1.75. The van der Waals surface area contributed by atoms with Gasteiger partial charge in [-0.05, 0) is 29.1 Å². The van der Waals surface area contributed by atoms with Crippen LogP contribution in [0.2, 0.25) is 5.28 Å². The molecule has 9 nitrogen and oxygen atoms in total. The highest BCUT2D eigenvalue weighted by Crippen LogP contribution is 2.37. The second kappa shape index (κ2) is 11.5. The molecule has 1 amide bonds. The molecule has 1 fully saturated rings. The number of aliphatic hydroxyl groups excluding tert-OH is 2. The number of imidazole rings is 1. The van der Waals surface area contributed by atoms with Gasteiger partial charge in [0.2, 0.25) is 11.2 Å². The normalized spacial score (nSPS) is 21.2. The molecule has 1 aliphatic carbocycles. The average molecular weight is 535 g/mol. The molecule has 1 aliphatic rings. The molecule has 0 unspecified atom stereocenters. The summed E-state index contributed by atoms with van der Waals surface area (Å²) in [6.45, 7) is 2.61. The summed E-state index contributed by atoms with van der Waals surface area (Å²) in [4.78, 5) is 25.1. The molecule has 5 rings (SSSR count). The van der Waals surface area contributed by atoms with Crippen molar-refractivity contribution in [2.75, 3.05) is 18.4 Å². The van der Waals surface area contributed by atoms with Crippen molar-refractivity contribution in [3.8, 4) is 0 Å². The predicted molar refractivity (Wildman–Crippen MR) is 146 cm³/mol. The van der Waals surface area contributed by atoms with E-state index in [1.165, 1.54) is 0 Å². The lowest BCUT2D eigenvalue weighted by Crippen LogP contribution is -2.35. The van der Waals surface area contributed by atoms with Gasteiger partial charge in [-0.1, -0.05) is 67.6 Å². The fourth-order valence-corrected chi connectivity index (χ4v) is 5.37.